The molecular weight excluding hydrogens is 220 g/mol. The molecule has 5 nitrogen and oxygen atoms in total. The normalized spacial score (nSPS) is 10.2. The highest BCUT2D eigenvalue weighted by Gasteiger charge is 2.10. The van der Waals surface area contributed by atoms with Gasteiger partial charge in [-0.1, -0.05) is 18.2 Å². The number of anilines is 1. The van der Waals surface area contributed by atoms with Crippen molar-refractivity contribution in [1.29, 1.82) is 0 Å². The molecule has 0 saturated heterocycles. The maximum atomic E-state index is 11.2. The summed E-state index contributed by atoms with van der Waals surface area (Å²) in [6.45, 7) is 1.94. The summed E-state index contributed by atoms with van der Waals surface area (Å²) in [5, 5.41) is 0.890. The standard InChI is InChI=1S/C12H12N2O3/c1-2-16-12(15)17-11-9(13)7-8-5-3-4-6-10(8)14-11/h3-7H,2,13H2,1H3. The summed E-state index contributed by atoms with van der Waals surface area (Å²) < 4.78 is 9.55. The largest absolute Gasteiger partial charge is 0.515 e. The van der Waals surface area contributed by atoms with Gasteiger partial charge in [-0.25, -0.2) is 9.78 Å². The fraction of sp³-hybridized carbons (Fsp3) is 0.167. The van der Waals surface area contributed by atoms with Crippen molar-refractivity contribution in [2.75, 3.05) is 12.3 Å². The number of nitrogens with zero attached hydrogens (tertiary/aromatic N) is 1. The molecule has 2 N–H and O–H groups in total. The van der Waals surface area contributed by atoms with E-state index < -0.39 is 6.16 Å². The zero-order valence-electron chi connectivity index (χ0n) is 9.34. The Hall–Kier alpha value is -2.30. The molecule has 1 aromatic carbocycles. The van der Waals surface area contributed by atoms with Crippen molar-refractivity contribution in [1.82, 2.24) is 4.98 Å². The van der Waals surface area contributed by atoms with Crippen LogP contribution < -0.4 is 10.5 Å². The van der Waals surface area contributed by atoms with Crippen LogP contribution in [0.15, 0.2) is 30.3 Å². The second-order valence-electron chi connectivity index (χ2n) is 3.36. The van der Waals surface area contributed by atoms with Gasteiger partial charge in [-0.2, -0.15) is 0 Å². The Labute approximate surface area is 98.2 Å². The third-order valence-corrected chi connectivity index (χ3v) is 2.16. The Morgan fingerprint density at radius 3 is 2.94 bits per heavy atom. The molecule has 0 spiro atoms. The fourth-order valence-corrected chi connectivity index (χ4v) is 1.42. The number of pyridine rings is 1. The molecule has 0 saturated carbocycles. The number of benzene rings is 1. The number of aromatic nitrogens is 1. The second kappa shape index (κ2) is 4.69. The van der Waals surface area contributed by atoms with Gasteiger partial charge in [0.05, 0.1) is 17.8 Å². The summed E-state index contributed by atoms with van der Waals surface area (Å²) in [5.41, 5.74) is 6.75. The lowest BCUT2D eigenvalue weighted by Crippen LogP contribution is -2.12. The van der Waals surface area contributed by atoms with Crippen molar-refractivity contribution < 1.29 is 14.3 Å². The van der Waals surface area contributed by atoms with E-state index >= 15 is 0 Å². The van der Waals surface area contributed by atoms with Crippen molar-refractivity contribution in [3.05, 3.63) is 30.3 Å². The number of hydrogen-bond acceptors (Lipinski definition) is 5. The lowest BCUT2D eigenvalue weighted by atomic mass is 10.2. The van der Waals surface area contributed by atoms with Crippen LogP contribution in [0.2, 0.25) is 0 Å². The van der Waals surface area contributed by atoms with Crippen molar-refractivity contribution in [2.24, 2.45) is 0 Å². The maximum Gasteiger partial charge on any atom is 0.515 e. The molecule has 0 bridgehead atoms. The van der Waals surface area contributed by atoms with Crippen LogP contribution in [0.4, 0.5) is 10.5 Å². The molecular formula is C12H12N2O3. The number of nitrogens with two attached hydrogens (primary N) is 1. The number of hydrogen-bond donors (Lipinski definition) is 1. The summed E-state index contributed by atoms with van der Waals surface area (Å²) in [5.74, 6) is 0.0714. The Morgan fingerprint density at radius 2 is 2.18 bits per heavy atom. The average molecular weight is 232 g/mol. The molecule has 1 heterocycles. The minimum Gasteiger partial charge on any atom is -0.434 e. The monoisotopic (exact) mass is 232 g/mol. The van der Waals surface area contributed by atoms with Gasteiger partial charge < -0.3 is 15.2 Å². The van der Waals surface area contributed by atoms with Gasteiger partial charge in [0, 0.05) is 5.39 Å². The average Bonchev–Trinajstić information content (AvgIpc) is 2.30. The molecule has 5 heteroatoms. The molecule has 17 heavy (non-hydrogen) atoms. The lowest BCUT2D eigenvalue weighted by Gasteiger charge is -2.07. The highest BCUT2D eigenvalue weighted by molar-refractivity contribution is 5.83. The number of carbonyl (C=O) groups is 1. The van der Waals surface area contributed by atoms with Crippen LogP contribution in [0, 0.1) is 0 Å². The SMILES string of the molecule is CCOC(=O)Oc1nc2ccccc2cc1N. The molecule has 0 unspecified atom stereocenters. The van der Waals surface area contributed by atoms with E-state index in [0.29, 0.717) is 11.2 Å². The van der Waals surface area contributed by atoms with E-state index in [1.807, 2.05) is 24.3 Å². The molecule has 0 amide bonds. The molecule has 0 aliphatic rings. The van der Waals surface area contributed by atoms with Gasteiger partial charge in [0.2, 0.25) is 5.88 Å². The number of para-hydroxylation sites is 1. The molecule has 88 valence electrons. The maximum absolute atomic E-state index is 11.2. The first kappa shape index (κ1) is 11.2. The minimum absolute atomic E-state index is 0.0714. The van der Waals surface area contributed by atoms with Gasteiger partial charge in [0.1, 0.15) is 0 Å². The first-order chi connectivity index (χ1) is 8.20. The second-order valence-corrected chi connectivity index (χ2v) is 3.36. The van der Waals surface area contributed by atoms with Gasteiger partial charge in [-0.05, 0) is 19.1 Å². The first-order valence-corrected chi connectivity index (χ1v) is 5.20. The molecule has 2 aromatic rings. The van der Waals surface area contributed by atoms with Crippen LogP contribution in [0.1, 0.15) is 6.92 Å². The summed E-state index contributed by atoms with van der Waals surface area (Å²) in [4.78, 5) is 15.3. The molecule has 2 rings (SSSR count). The predicted molar refractivity (Wildman–Crippen MR) is 63.8 cm³/mol. The van der Waals surface area contributed by atoms with Crippen LogP contribution in [0.5, 0.6) is 5.88 Å². The van der Waals surface area contributed by atoms with Gasteiger partial charge in [-0.3, -0.25) is 0 Å². The van der Waals surface area contributed by atoms with Gasteiger partial charge in [0.15, 0.2) is 0 Å². The van der Waals surface area contributed by atoms with E-state index in [9.17, 15) is 4.79 Å². The lowest BCUT2D eigenvalue weighted by molar-refractivity contribution is 0.103. The van der Waals surface area contributed by atoms with E-state index in [4.69, 9.17) is 10.5 Å². The third-order valence-electron chi connectivity index (χ3n) is 2.16. The minimum atomic E-state index is -0.804. The zero-order chi connectivity index (χ0) is 12.3. The summed E-state index contributed by atoms with van der Waals surface area (Å²) in [6.07, 6.45) is -0.804. The van der Waals surface area contributed by atoms with Crippen LogP contribution in [0.3, 0.4) is 0 Å². The molecule has 0 radical (unpaired) electrons. The Kier molecular flexibility index (Phi) is 3.09. The van der Waals surface area contributed by atoms with Gasteiger partial charge >= 0.3 is 6.16 Å². The van der Waals surface area contributed by atoms with E-state index in [0.717, 1.165) is 5.39 Å². The number of fused-ring (bicyclic) bond motifs is 1. The molecule has 0 aliphatic heterocycles. The Bertz CT molecular complexity index is 554. The molecule has 0 atom stereocenters. The van der Waals surface area contributed by atoms with E-state index in [1.165, 1.54) is 0 Å². The number of carbonyl (C=O) groups excluding carboxylic acids is 1. The van der Waals surface area contributed by atoms with Crippen LogP contribution >= 0.6 is 0 Å². The summed E-state index contributed by atoms with van der Waals surface area (Å²) in [7, 11) is 0. The van der Waals surface area contributed by atoms with Crippen LogP contribution in [-0.4, -0.2) is 17.7 Å². The highest BCUT2D eigenvalue weighted by atomic mass is 16.7. The predicted octanol–water partition coefficient (Wildman–Crippen LogP) is 2.35. The van der Waals surface area contributed by atoms with E-state index in [-0.39, 0.29) is 12.5 Å². The Balaban J connectivity index is 2.34. The topological polar surface area (TPSA) is 74.4 Å². The Morgan fingerprint density at radius 1 is 1.41 bits per heavy atom. The zero-order valence-corrected chi connectivity index (χ0v) is 9.34. The third kappa shape index (κ3) is 2.44. The van der Waals surface area contributed by atoms with Crippen molar-refractivity contribution in [3.63, 3.8) is 0 Å². The first-order valence-electron chi connectivity index (χ1n) is 5.20. The highest BCUT2D eigenvalue weighted by Crippen LogP contribution is 2.24. The summed E-state index contributed by atoms with van der Waals surface area (Å²) in [6, 6.07) is 9.13. The fourth-order valence-electron chi connectivity index (χ4n) is 1.42. The van der Waals surface area contributed by atoms with Gasteiger partial charge in [0.25, 0.3) is 0 Å². The molecule has 1 aromatic heterocycles. The number of rotatable bonds is 2. The number of nitrogen functional groups attached to an aromatic ring is 1. The van der Waals surface area contributed by atoms with E-state index in [2.05, 4.69) is 9.72 Å². The molecule has 0 fully saturated rings. The van der Waals surface area contributed by atoms with Crippen LogP contribution in [-0.2, 0) is 4.74 Å². The van der Waals surface area contributed by atoms with Crippen molar-refractivity contribution in [3.8, 4) is 5.88 Å². The number of ether oxygens (including phenoxy) is 2. The van der Waals surface area contributed by atoms with Crippen LogP contribution in [0.25, 0.3) is 10.9 Å². The van der Waals surface area contributed by atoms with E-state index in [1.54, 1.807) is 13.0 Å². The van der Waals surface area contributed by atoms with Crippen molar-refractivity contribution >= 4 is 22.7 Å². The van der Waals surface area contributed by atoms with Gasteiger partial charge in [-0.15, -0.1) is 0 Å². The quantitative estimate of drug-likeness (QED) is 0.804. The molecule has 0 aliphatic carbocycles. The smallest absolute Gasteiger partial charge is 0.434 e. The van der Waals surface area contributed by atoms with Crippen molar-refractivity contribution in [2.45, 2.75) is 6.92 Å². The summed E-state index contributed by atoms with van der Waals surface area (Å²) >= 11 is 0.